The summed E-state index contributed by atoms with van der Waals surface area (Å²) in [6.45, 7) is 3.05. The van der Waals surface area contributed by atoms with Gasteiger partial charge in [0.1, 0.15) is 35.6 Å². The third kappa shape index (κ3) is 5.36. The smallest absolute Gasteiger partial charge is 0.316 e. The van der Waals surface area contributed by atoms with E-state index >= 15 is 0 Å². The molecule has 1 saturated heterocycles. The number of nitrogens with zero attached hydrogens (tertiary/aromatic N) is 7. The molecule has 0 spiro atoms. The van der Waals surface area contributed by atoms with E-state index in [1.807, 2.05) is 4.90 Å². The fraction of sp³-hybridized carbons (Fsp3) is 0.346. The molecule has 2 atom stereocenters. The summed E-state index contributed by atoms with van der Waals surface area (Å²) in [6, 6.07) is 9.53. The minimum absolute atomic E-state index is 0.0534. The van der Waals surface area contributed by atoms with E-state index in [2.05, 4.69) is 20.2 Å². The number of piperazine rings is 1. The van der Waals surface area contributed by atoms with Crippen LogP contribution in [0, 0.1) is 11.6 Å². The molecule has 5 rings (SSSR count). The zero-order valence-corrected chi connectivity index (χ0v) is 21.4. The Morgan fingerprint density at radius 1 is 1.15 bits per heavy atom. The molecule has 1 aliphatic heterocycles. The van der Waals surface area contributed by atoms with Crippen LogP contribution in [0.25, 0.3) is 11.4 Å². The SMILES string of the molecule is COc1ccc(-c2noc(C(=O)N3CCN(C(C)C(O)(Cn4cncn4)c4ccc(F)cc4F)CC3)n2)cc1. The summed E-state index contributed by atoms with van der Waals surface area (Å²) in [4.78, 5) is 24.7. The van der Waals surface area contributed by atoms with Crippen molar-refractivity contribution in [3.63, 3.8) is 0 Å². The summed E-state index contributed by atoms with van der Waals surface area (Å²) in [5, 5.41) is 19.8. The zero-order chi connectivity index (χ0) is 27.6. The van der Waals surface area contributed by atoms with E-state index in [4.69, 9.17) is 9.26 Å². The van der Waals surface area contributed by atoms with Gasteiger partial charge < -0.3 is 19.3 Å². The molecule has 2 unspecified atom stereocenters. The summed E-state index contributed by atoms with van der Waals surface area (Å²) >= 11 is 0. The second-order valence-electron chi connectivity index (χ2n) is 9.30. The Kier molecular flexibility index (Phi) is 7.35. The van der Waals surface area contributed by atoms with Gasteiger partial charge in [-0.2, -0.15) is 10.1 Å². The second kappa shape index (κ2) is 10.9. The highest BCUT2D eigenvalue weighted by Crippen LogP contribution is 2.33. The van der Waals surface area contributed by atoms with Crippen molar-refractivity contribution in [1.29, 1.82) is 0 Å². The number of rotatable bonds is 8. The molecule has 0 saturated carbocycles. The van der Waals surface area contributed by atoms with Gasteiger partial charge in [-0.05, 0) is 37.3 Å². The molecule has 1 N–H and O–H groups in total. The van der Waals surface area contributed by atoms with Gasteiger partial charge in [-0.15, -0.1) is 0 Å². The number of amides is 1. The monoisotopic (exact) mass is 539 g/mol. The van der Waals surface area contributed by atoms with Crippen molar-refractivity contribution < 1.29 is 27.9 Å². The van der Waals surface area contributed by atoms with Crippen LogP contribution >= 0.6 is 0 Å². The van der Waals surface area contributed by atoms with Gasteiger partial charge in [0, 0.05) is 49.4 Å². The highest BCUT2D eigenvalue weighted by Gasteiger charge is 2.43. The van der Waals surface area contributed by atoms with Crippen molar-refractivity contribution in [2.75, 3.05) is 33.3 Å². The lowest BCUT2D eigenvalue weighted by molar-refractivity contribution is -0.0720. The van der Waals surface area contributed by atoms with Crippen LogP contribution in [0.5, 0.6) is 5.75 Å². The van der Waals surface area contributed by atoms with Gasteiger partial charge in [0.25, 0.3) is 0 Å². The lowest BCUT2D eigenvalue weighted by Crippen LogP contribution is -2.58. The van der Waals surface area contributed by atoms with Crippen LogP contribution in [-0.2, 0) is 12.1 Å². The Morgan fingerprint density at radius 2 is 1.90 bits per heavy atom. The van der Waals surface area contributed by atoms with Gasteiger partial charge in [-0.25, -0.2) is 18.4 Å². The first-order valence-corrected chi connectivity index (χ1v) is 12.3. The molecule has 1 amide bonds. The molecule has 4 aromatic rings. The Balaban J connectivity index is 1.29. The zero-order valence-electron chi connectivity index (χ0n) is 21.4. The maximum absolute atomic E-state index is 14.9. The minimum Gasteiger partial charge on any atom is -0.497 e. The number of hydrogen-bond donors (Lipinski definition) is 1. The van der Waals surface area contributed by atoms with Crippen LogP contribution in [0.4, 0.5) is 8.78 Å². The topological polar surface area (TPSA) is 123 Å². The minimum atomic E-state index is -1.77. The average Bonchev–Trinajstić information content (AvgIpc) is 3.65. The van der Waals surface area contributed by atoms with Gasteiger partial charge in [0.2, 0.25) is 5.82 Å². The first kappa shape index (κ1) is 26.4. The summed E-state index contributed by atoms with van der Waals surface area (Å²) in [6.07, 6.45) is 2.73. The highest BCUT2D eigenvalue weighted by atomic mass is 19.1. The lowest BCUT2D eigenvalue weighted by atomic mass is 9.85. The van der Waals surface area contributed by atoms with Crippen LogP contribution in [0.15, 0.2) is 59.6 Å². The molecule has 13 heteroatoms. The van der Waals surface area contributed by atoms with E-state index in [0.717, 1.165) is 12.1 Å². The standard InChI is InChI=1S/C26H27F2N7O4/c1-17(26(37,14-35-16-29-15-30-35)21-8-5-19(27)13-22(21)28)33-9-11-34(12-10-33)25(36)24-31-23(32-39-24)18-3-6-20(38-2)7-4-18/h3-8,13,15-17,37H,9-12,14H2,1-2H3. The molecule has 3 heterocycles. The highest BCUT2D eigenvalue weighted by molar-refractivity contribution is 5.90. The van der Waals surface area contributed by atoms with E-state index in [-0.39, 0.29) is 23.8 Å². The maximum Gasteiger partial charge on any atom is 0.316 e. The quantitative estimate of drug-likeness (QED) is 0.359. The molecular formula is C26H27F2N7O4. The molecule has 2 aromatic carbocycles. The van der Waals surface area contributed by atoms with Crippen LogP contribution in [0.2, 0.25) is 0 Å². The van der Waals surface area contributed by atoms with E-state index in [1.54, 1.807) is 43.2 Å². The van der Waals surface area contributed by atoms with Crippen molar-refractivity contribution in [1.82, 2.24) is 34.7 Å². The summed E-state index contributed by atoms with van der Waals surface area (Å²) in [7, 11) is 1.57. The van der Waals surface area contributed by atoms with Crippen molar-refractivity contribution in [3.8, 4) is 17.1 Å². The second-order valence-corrected chi connectivity index (χ2v) is 9.30. The summed E-state index contributed by atoms with van der Waals surface area (Å²) in [5.74, 6) is -1.16. The first-order chi connectivity index (χ1) is 18.8. The molecular weight excluding hydrogens is 512 g/mol. The maximum atomic E-state index is 14.9. The van der Waals surface area contributed by atoms with Crippen molar-refractivity contribution in [2.45, 2.75) is 25.1 Å². The predicted molar refractivity (Wildman–Crippen MR) is 134 cm³/mol. The van der Waals surface area contributed by atoms with E-state index in [1.165, 1.54) is 23.4 Å². The molecule has 0 bridgehead atoms. The van der Waals surface area contributed by atoms with Gasteiger partial charge in [0.15, 0.2) is 0 Å². The van der Waals surface area contributed by atoms with Gasteiger partial charge in [0.05, 0.1) is 13.7 Å². The summed E-state index contributed by atoms with van der Waals surface area (Å²) < 4.78 is 40.3. The van der Waals surface area contributed by atoms with Crippen LogP contribution in [-0.4, -0.2) is 85.0 Å². The normalized spacial score (nSPS) is 16.6. The number of hydrogen-bond acceptors (Lipinski definition) is 9. The Labute approximate surface area is 222 Å². The van der Waals surface area contributed by atoms with E-state index < -0.39 is 29.2 Å². The van der Waals surface area contributed by atoms with Crippen LogP contribution in [0.1, 0.15) is 23.2 Å². The fourth-order valence-electron chi connectivity index (χ4n) is 4.76. The van der Waals surface area contributed by atoms with Crippen molar-refractivity contribution in [3.05, 3.63) is 78.2 Å². The average molecular weight is 540 g/mol. The lowest BCUT2D eigenvalue weighted by Gasteiger charge is -2.44. The van der Waals surface area contributed by atoms with Gasteiger partial charge in [-0.3, -0.25) is 9.69 Å². The van der Waals surface area contributed by atoms with E-state index in [9.17, 15) is 18.7 Å². The molecule has 39 heavy (non-hydrogen) atoms. The van der Waals surface area contributed by atoms with E-state index in [0.29, 0.717) is 37.5 Å². The molecule has 204 valence electrons. The largest absolute Gasteiger partial charge is 0.497 e. The Hall–Kier alpha value is -4.23. The molecule has 0 radical (unpaired) electrons. The molecule has 1 fully saturated rings. The Morgan fingerprint density at radius 3 is 2.54 bits per heavy atom. The summed E-state index contributed by atoms with van der Waals surface area (Å²) in [5.41, 5.74) is -1.14. The molecule has 1 aliphatic rings. The number of carbonyl (C=O) groups is 1. The third-order valence-corrected chi connectivity index (χ3v) is 7.06. The number of methoxy groups -OCH3 is 1. The van der Waals surface area contributed by atoms with Crippen molar-refractivity contribution in [2.24, 2.45) is 0 Å². The number of ether oxygens (including phenoxy) is 1. The van der Waals surface area contributed by atoms with Crippen LogP contribution in [0.3, 0.4) is 0 Å². The first-order valence-electron chi connectivity index (χ1n) is 12.3. The van der Waals surface area contributed by atoms with Gasteiger partial charge in [-0.1, -0.05) is 11.2 Å². The van der Waals surface area contributed by atoms with Crippen LogP contribution < -0.4 is 4.74 Å². The molecule has 11 nitrogen and oxygen atoms in total. The van der Waals surface area contributed by atoms with Crippen molar-refractivity contribution >= 4 is 5.91 Å². The Bertz CT molecular complexity index is 1420. The number of benzene rings is 2. The predicted octanol–water partition coefficient (Wildman–Crippen LogP) is 2.35. The number of halogens is 2. The van der Waals surface area contributed by atoms with Gasteiger partial charge >= 0.3 is 11.8 Å². The third-order valence-electron chi connectivity index (χ3n) is 7.06. The molecule has 0 aliphatic carbocycles. The fourth-order valence-corrected chi connectivity index (χ4v) is 4.76. The number of aliphatic hydroxyl groups is 1. The molecule has 2 aromatic heterocycles. The number of carbonyl (C=O) groups excluding carboxylic acids is 1. The number of aromatic nitrogens is 5.